The molecule has 0 atom stereocenters. The molecule has 0 saturated carbocycles. The second-order valence-electron chi connectivity index (χ2n) is 5.63. The third-order valence-electron chi connectivity index (χ3n) is 3.67. The molecule has 3 aromatic rings. The quantitative estimate of drug-likeness (QED) is 0.488. The van der Waals surface area contributed by atoms with Crippen LogP contribution in [0.5, 0.6) is 11.5 Å². The molecule has 0 radical (unpaired) electrons. The molecule has 0 aliphatic carbocycles. The standard InChI is InChI=1S/C21H19N3O4/c25-20(23-24-21(26)18-11-6-7-13-22-18)17-10-4-5-12-19(17)28-15-14-27-16-8-2-1-3-9-16/h1-13H,14-15H2,(H,23,25)(H,24,26). The molecular weight excluding hydrogens is 358 g/mol. The van der Waals surface area contributed by atoms with Crippen LogP contribution in [-0.2, 0) is 0 Å². The van der Waals surface area contributed by atoms with E-state index in [9.17, 15) is 9.59 Å². The van der Waals surface area contributed by atoms with Crippen LogP contribution in [0.3, 0.4) is 0 Å². The molecule has 28 heavy (non-hydrogen) atoms. The largest absolute Gasteiger partial charge is 0.490 e. The molecule has 2 aromatic carbocycles. The monoisotopic (exact) mass is 377 g/mol. The first-order valence-corrected chi connectivity index (χ1v) is 8.65. The summed E-state index contributed by atoms with van der Waals surface area (Å²) in [5.41, 5.74) is 5.19. The number of hydrogen-bond acceptors (Lipinski definition) is 5. The molecule has 1 aromatic heterocycles. The molecule has 7 heteroatoms. The minimum absolute atomic E-state index is 0.199. The van der Waals surface area contributed by atoms with E-state index in [0.717, 1.165) is 5.75 Å². The molecule has 2 N–H and O–H groups in total. The van der Waals surface area contributed by atoms with Crippen LogP contribution in [-0.4, -0.2) is 30.0 Å². The maximum Gasteiger partial charge on any atom is 0.288 e. The van der Waals surface area contributed by atoms with Gasteiger partial charge in [0.2, 0.25) is 0 Å². The number of para-hydroxylation sites is 2. The zero-order valence-electron chi connectivity index (χ0n) is 15.0. The summed E-state index contributed by atoms with van der Waals surface area (Å²) in [5.74, 6) is 0.130. The maximum atomic E-state index is 12.4. The number of ether oxygens (including phenoxy) is 2. The number of carbonyl (C=O) groups excluding carboxylic acids is 2. The average Bonchev–Trinajstić information content (AvgIpc) is 2.76. The molecule has 0 spiro atoms. The Labute approximate surface area is 162 Å². The summed E-state index contributed by atoms with van der Waals surface area (Å²) in [4.78, 5) is 28.3. The fourth-order valence-electron chi connectivity index (χ4n) is 2.35. The molecule has 1 heterocycles. The fraction of sp³-hybridized carbons (Fsp3) is 0.0952. The summed E-state index contributed by atoms with van der Waals surface area (Å²) in [7, 11) is 0. The summed E-state index contributed by atoms with van der Waals surface area (Å²) < 4.78 is 11.2. The first-order chi connectivity index (χ1) is 13.7. The lowest BCUT2D eigenvalue weighted by atomic mass is 10.2. The molecule has 142 valence electrons. The fourth-order valence-corrected chi connectivity index (χ4v) is 2.35. The Balaban J connectivity index is 1.52. The first kappa shape index (κ1) is 18.9. The number of carbonyl (C=O) groups is 2. The highest BCUT2D eigenvalue weighted by molar-refractivity contribution is 5.99. The summed E-state index contributed by atoms with van der Waals surface area (Å²) in [5, 5.41) is 0. The lowest BCUT2D eigenvalue weighted by molar-refractivity contribution is 0.0841. The molecule has 0 unspecified atom stereocenters. The first-order valence-electron chi connectivity index (χ1n) is 8.65. The van der Waals surface area contributed by atoms with E-state index in [0.29, 0.717) is 17.9 Å². The van der Waals surface area contributed by atoms with E-state index in [1.54, 1.807) is 42.5 Å². The maximum absolute atomic E-state index is 12.4. The van der Waals surface area contributed by atoms with Gasteiger partial charge in [0.05, 0.1) is 5.56 Å². The van der Waals surface area contributed by atoms with Gasteiger partial charge in [-0.25, -0.2) is 0 Å². The van der Waals surface area contributed by atoms with Crippen LogP contribution >= 0.6 is 0 Å². The van der Waals surface area contributed by atoms with E-state index in [2.05, 4.69) is 15.8 Å². The lowest BCUT2D eigenvalue weighted by Crippen LogP contribution is -2.42. The van der Waals surface area contributed by atoms with E-state index in [1.165, 1.54) is 6.20 Å². The van der Waals surface area contributed by atoms with Crippen LogP contribution in [0.25, 0.3) is 0 Å². The number of rotatable bonds is 7. The summed E-state index contributed by atoms with van der Waals surface area (Å²) in [6, 6.07) is 21.1. The second-order valence-corrected chi connectivity index (χ2v) is 5.63. The van der Waals surface area contributed by atoms with E-state index in [-0.39, 0.29) is 12.3 Å². The van der Waals surface area contributed by atoms with Gasteiger partial charge in [-0.05, 0) is 36.4 Å². The summed E-state index contributed by atoms with van der Waals surface area (Å²) in [6.07, 6.45) is 1.50. The molecule has 0 saturated heterocycles. The van der Waals surface area contributed by atoms with Gasteiger partial charge >= 0.3 is 0 Å². The van der Waals surface area contributed by atoms with Gasteiger partial charge in [0.1, 0.15) is 30.4 Å². The van der Waals surface area contributed by atoms with Crippen molar-refractivity contribution in [3.05, 3.63) is 90.3 Å². The van der Waals surface area contributed by atoms with Gasteiger partial charge in [0.15, 0.2) is 0 Å². The van der Waals surface area contributed by atoms with Crippen LogP contribution < -0.4 is 20.3 Å². The highest BCUT2D eigenvalue weighted by Gasteiger charge is 2.14. The van der Waals surface area contributed by atoms with Gasteiger partial charge in [0.25, 0.3) is 11.8 Å². The van der Waals surface area contributed by atoms with Crippen molar-refractivity contribution >= 4 is 11.8 Å². The predicted molar refractivity (Wildman–Crippen MR) is 103 cm³/mol. The highest BCUT2D eigenvalue weighted by atomic mass is 16.5. The van der Waals surface area contributed by atoms with Crippen LogP contribution in [0.4, 0.5) is 0 Å². The number of benzene rings is 2. The SMILES string of the molecule is O=C(NNC(=O)c1ccccc1OCCOc1ccccc1)c1ccccn1. The minimum Gasteiger partial charge on any atom is -0.490 e. The summed E-state index contributed by atoms with van der Waals surface area (Å²) in [6.45, 7) is 0.593. The number of nitrogens with zero attached hydrogens (tertiary/aromatic N) is 1. The van der Waals surface area contributed by atoms with Gasteiger partial charge in [-0.15, -0.1) is 0 Å². The molecule has 0 bridgehead atoms. The van der Waals surface area contributed by atoms with Crippen molar-refractivity contribution < 1.29 is 19.1 Å². The van der Waals surface area contributed by atoms with Gasteiger partial charge in [0, 0.05) is 6.20 Å². The predicted octanol–water partition coefficient (Wildman–Crippen LogP) is 2.61. The number of hydrazine groups is 1. The molecule has 2 amide bonds. The zero-order valence-corrected chi connectivity index (χ0v) is 15.0. The van der Waals surface area contributed by atoms with Gasteiger partial charge in [-0.3, -0.25) is 25.4 Å². The average molecular weight is 377 g/mol. The van der Waals surface area contributed by atoms with E-state index < -0.39 is 11.8 Å². The third kappa shape index (κ3) is 5.31. The Hall–Kier alpha value is -3.87. The van der Waals surface area contributed by atoms with Crippen molar-refractivity contribution in [1.82, 2.24) is 15.8 Å². The third-order valence-corrected chi connectivity index (χ3v) is 3.67. The van der Waals surface area contributed by atoms with Crippen molar-refractivity contribution in [1.29, 1.82) is 0 Å². The minimum atomic E-state index is -0.511. The number of hydrogen-bond donors (Lipinski definition) is 2. The van der Waals surface area contributed by atoms with Crippen molar-refractivity contribution in [3.63, 3.8) is 0 Å². The van der Waals surface area contributed by atoms with E-state index >= 15 is 0 Å². The van der Waals surface area contributed by atoms with Gasteiger partial charge < -0.3 is 9.47 Å². The molecular formula is C21H19N3O4. The van der Waals surface area contributed by atoms with E-state index in [1.807, 2.05) is 30.3 Å². The highest BCUT2D eigenvalue weighted by Crippen LogP contribution is 2.17. The van der Waals surface area contributed by atoms with Crippen LogP contribution in [0, 0.1) is 0 Å². The van der Waals surface area contributed by atoms with Gasteiger partial charge in [-0.1, -0.05) is 36.4 Å². The topological polar surface area (TPSA) is 89.6 Å². The number of nitrogens with one attached hydrogen (secondary N) is 2. The van der Waals surface area contributed by atoms with Crippen molar-refractivity contribution in [2.75, 3.05) is 13.2 Å². The van der Waals surface area contributed by atoms with Crippen LogP contribution in [0.1, 0.15) is 20.8 Å². The number of aromatic nitrogens is 1. The van der Waals surface area contributed by atoms with Crippen molar-refractivity contribution in [2.45, 2.75) is 0 Å². The van der Waals surface area contributed by atoms with Crippen LogP contribution in [0.15, 0.2) is 79.0 Å². The summed E-state index contributed by atoms with van der Waals surface area (Å²) >= 11 is 0. The molecule has 0 aliphatic rings. The number of amides is 2. The Morgan fingerprint density at radius 3 is 2.21 bits per heavy atom. The van der Waals surface area contributed by atoms with E-state index in [4.69, 9.17) is 9.47 Å². The second kappa shape index (κ2) is 9.72. The molecule has 7 nitrogen and oxygen atoms in total. The lowest BCUT2D eigenvalue weighted by Gasteiger charge is -2.12. The van der Waals surface area contributed by atoms with Crippen LogP contribution in [0.2, 0.25) is 0 Å². The van der Waals surface area contributed by atoms with Crippen molar-refractivity contribution in [3.8, 4) is 11.5 Å². The Kier molecular flexibility index (Phi) is 6.57. The Morgan fingerprint density at radius 1 is 0.750 bits per heavy atom. The van der Waals surface area contributed by atoms with Crippen molar-refractivity contribution in [2.24, 2.45) is 0 Å². The zero-order chi connectivity index (χ0) is 19.6. The molecule has 3 rings (SSSR count). The Bertz CT molecular complexity index is 917. The van der Waals surface area contributed by atoms with Gasteiger partial charge in [-0.2, -0.15) is 0 Å². The molecule has 0 fully saturated rings. The smallest absolute Gasteiger partial charge is 0.288 e. The molecule has 0 aliphatic heterocycles. The Morgan fingerprint density at radius 2 is 1.43 bits per heavy atom. The number of pyridine rings is 1. The normalized spacial score (nSPS) is 10.0.